The number of halogens is 1. The molecule has 0 unspecified atom stereocenters. The van der Waals surface area contributed by atoms with Crippen molar-refractivity contribution in [2.75, 3.05) is 32.9 Å². The summed E-state index contributed by atoms with van der Waals surface area (Å²) in [6.45, 7) is 4.78. The van der Waals surface area contributed by atoms with Crippen LogP contribution in [0.3, 0.4) is 0 Å². The first-order chi connectivity index (χ1) is 8.24. The molecule has 1 fully saturated rings. The topological polar surface area (TPSA) is 35.5 Å². The fourth-order valence-corrected chi connectivity index (χ4v) is 2.32. The van der Waals surface area contributed by atoms with Crippen molar-refractivity contribution >= 4 is 0 Å². The van der Waals surface area contributed by atoms with Gasteiger partial charge in [-0.3, -0.25) is 4.90 Å². The molecule has 2 rings (SSSR count). The van der Waals surface area contributed by atoms with Crippen LogP contribution in [0.25, 0.3) is 0 Å². The molecular weight excluding hydrogens is 219 g/mol. The maximum atomic E-state index is 13.3. The van der Waals surface area contributed by atoms with Crippen molar-refractivity contribution in [3.05, 3.63) is 29.3 Å². The van der Waals surface area contributed by atoms with Crippen molar-refractivity contribution in [2.24, 2.45) is 0 Å². The average Bonchev–Trinajstić information content (AvgIpc) is 2.37. The van der Waals surface area contributed by atoms with Crippen LogP contribution in [-0.4, -0.2) is 42.9 Å². The molecule has 4 heteroatoms. The summed E-state index contributed by atoms with van der Waals surface area (Å²) in [6, 6.07) is 5.20. The van der Waals surface area contributed by atoms with Crippen LogP contribution in [0.5, 0.6) is 5.75 Å². The molecule has 94 valence electrons. The third kappa shape index (κ3) is 2.58. The molecule has 0 spiro atoms. The zero-order valence-corrected chi connectivity index (χ0v) is 10.1. The lowest BCUT2D eigenvalue weighted by Crippen LogP contribution is -2.45. The Kier molecular flexibility index (Phi) is 3.97. The van der Waals surface area contributed by atoms with E-state index in [0.29, 0.717) is 5.56 Å². The lowest BCUT2D eigenvalue weighted by atomic mass is 10.0. The minimum atomic E-state index is -0.461. The second kappa shape index (κ2) is 5.47. The fraction of sp³-hybridized carbons (Fsp3) is 0.538. The number of benzene rings is 1. The Morgan fingerprint density at radius 3 is 2.76 bits per heavy atom. The molecule has 0 amide bonds. The number of hydrogen-bond donors (Lipinski definition) is 2. The normalized spacial score (nSPS) is 19.2. The van der Waals surface area contributed by atoms with Gasteiger partial charge in [0.1, 0.15) is 12.4 Å². The van der Waals surface area contributed by atoms with Crippen LogP contribution in [0.15, 0.2) is 18.2 Å². The van der Waals surface area contributed by atoms with E-state index < -0.39 is 6.67 Å². The quantitative estimate of drug-likeness (QED) is 0.840. The summed E-state index contributed by atoms with van der Waals surface area (Å²) in [5.41, 5.74) is 1.51. The van der Waals surface area contributed by atoms with Gasteiger partial charge in [0, 0.05) is 31.7 Å². The fourth-order valence-electron chi connectivity index (χ4n) is 2.32. The van der Waals surface area contributed by atoms with Crippen LogP contribution in [-0.2, 0) is 0 Å². The summed E-state index contributed by atoms with van der Waals surface area (Å²) < 4.78 is 13.3. The van der Waals surface area contributed by atoms with Gasteiger partial charge >= 0.3 is 0 Å². The maximum absolute atomic E-state index is 13.3. The molecule has 1 aromatic rings. The second-order valence-corrected chi connectivity index (χ2v) is 4.47. The van der Waals surface area contributed by atoms with Crippen LogP contribution in [0.4, 0.5) is 4.39 Å². The number of para-hydroxylation sites is 1. The van der Waals surface area contributed by atoms with E-state index in [2.05, 4.69) is 10.2 Å². The molecule has 1 saturated heterocycles. The van der Waals surface area contributed by atoms with Crippen LogP contribution in [0, 0.1) is 6.92 Å². The summed E-state index contributed by atoms with van der Waals surface area (Å²) >= 11 is 0. The number of piperazine rings is 1. The monoisotopic (exact) mass is 238 g/mol. The minimum absolute atomic E-state index is 0.230. The van der Waals surface area contributed by atoms with Crippen LogP contribution >= 0.6 is 0 Å². The predicted octanol–water partition coefficient (Wildman–Crippen LogP) is 1.62. The van der Waals surface area contributed by atoms with Gasteiger partial charge in [0.25, 0.3) is 0 Å². The van der Waals surface area contributed by atoms with Crippen molar-refractivity contribution in [1.82, 2.24) is 10.2 Å². The van der Waals surface area contributed by atoms with Crippen LogP contribution in [0.2, 0.25) is 0 Å². The third-order valence-corrected chi connectivity index (χ3v) is 3.37. The van der Waals surface area contributed by atoms with Gasteiger partial charge in [0.2, 0.25) is 0 Å². The highest BCUT2D eigenvalue weighted by Crippen LogP contribution is 2.31. The first-order valence-corrected chi connectivity index (χ1v) is 6.03. The predicted molar refractivity (Wildman–Crippen MR) is 66.0 cm³/mol. The molecule has 1 atom stereocenters. The number of hydrogen-bond acceptors (Lipinski definition) is 3. The van der Waals surface area contributed by atoms with E-state index in [1.54, 1.807) is 0 Å². The smallest absolute Gasteiger partial charge is 0.123 e. The number of aromatic hydroxyl groups is 1. The SMILES string of the molecule is Cc1cccc([C@H](CF)N2CCNCC2)c1O. The van der Waals surface area contributed by atoms with E-state index in [1.807, 2.05) is 25.1 Å². The number of phenols is 1. The van der Waals surface area contributed by atoms with Gasteiger partial charge in [-0.25, -0.2) is 4.39 Å². The summed E-state index contributed by atoms with van der Waals surface area (Å²) in [5.74, 6) is 0.230. The van der Waals surface area contributed by atoms with Crippen molar-refractivity contribution < 1.29 is 9.50 Å². The van der Waals surface area contributed by atoms with E-state index in [1.165, 1.54) is 0 Å². The molecule has 0 aromatic heterocycles. The van der Waals surface area contributed by atoms with Crippen molar-refractivity contribution in [1.29, 1.82) is 0 Å². The van der Waals surface area contributed by atoms with Gasteiger partial charge in [-0.2, -0.15) is 0 Å². The van der Waals surface area contributed by atoms with Gasteiger partial charge in [0.15, 0.2) is 0 Å². The lowest BCUT2D eigenvalue weighted by molar-refractivity contribution is 0.145. The number of alkyl halides is 1. The van der Waals surface area contributed by atoms with Gasteiger partial charge in [-0.15, -0.1) is 0 Å². The van der Waals surface area contributed by atoms with E-state index in [9.17, 15) is 9.50 Å². The molecule has 2 N–H and O–H groups in total. The minimum Gasteiger partial charge on any atom is -0.507 e. The lowest BCUT2D eigenvalue weighted by Gasteiger charge is -2.34. The Balaban J connectivity index is 2.24. The van der Waals surface area contributed by atoms with Gasteiger partial charge in [0.05, 0.1) is 6.04 Å². The molecule has 3 nitrogen and oxygen atoms in total. The molecule has 0 bridgehead atoms. The van der Waals surface area contributed by atoms with Gasteiger partial charge in [-0.1, -0.05) is 18.2 Å². The highest BCUT2D eigenvalue weighted by molar-refractivity contribution is 5.41. The van der Waals surface area contributed by atoms with Crippen molar-refractivity contribution in [3.63, 3.8) is 0 Å². The Labute approximate surface area is 101 Å². The summed E-state index contributed by atoms with van der Waals surface area (Å²) in [5, 5.41) is 13.3. The molecule has 17 heavy (non-hydrogen) atoms. The average molecular weight is 238 g/mol. The number of nitrogens with zero attached hydrogens (tertiary/aromatic N) is 1. The number of phenolic OH excluding ortho intramolecular Hbond substituents is 1. The summed E-state index contributed by atoms with van der Waals surface area (Å²) in [7, 11) is 0. The number of aryl methyl sites for hydroxylation is 1. The van der Waals surface area contributed by atoms with Gasteiger partial charge in [-0.05, 0) is 12.5 Å². The largest absolute Gasteiger partial charge is 0.507 e. The van der Waals surface area contributed by atoms with Crippen LogP contribution < -0.4 is 5.32 Å². The number of nitrogens with one attached hydrogen (secondary N) is 1. The summed E-state index contributed by atoms with van der Waals surface area (Å²) in [4.78, 5) is 2.09. The molecule has 1 heterocycles. The van der Waals surface area contributed by atoms with E-state index in [0.717, 1.165) is 31.7 Å². The van der Waals surface area contributed by atoms with Crippen LogP contribution in [0.1, 0.15) is 17.2 Å². The Hall–Kier alpha value is -1.13. The highest BCUT2D eigenvalue weighted by Gasteiger charge is 2.24. The first kappa shape index (κ1) is 12.3. The first-order valence-electron chi connectivity index (χ1n) is 6.03. The van der Waals surface area contributed by atoms with E-state index in [-0.39, 0.29) is 11.8 Å². The Bertz CT molecular complexity index is 378. The summed E-state index contributed by atoms with van der Waals surface area (Å²) in [6.07, 6.45) is 0. The second-order valence-electron chi connectivity index (χ2n) is 4.47. The molecule has 1 aliphatic rings. The third-order valence-electron chi connectivity index (χ3n) is 3.37. The zero-order valence-electron chi connectivity index (χ0n) is 10.1. The zero-order chi connectivity index (χ0) is 12.3. The number of rotatable bonds is 3. The Morgan fingerprint density at radius 2 is 2.12 bits per heavy atom. The highest BCUT2D eigenvalue weighted by atomic mass is 19.1. The Morgan fingerprint density at radius 1 is 1.41 bits per heavy atom. The molecule has 1 aliphatic heterocycles. The molecule has 1 aromatic carbocycles. The standard InChI is InChI=1S/C13H19FN2O/c1-10-3-2-4-11(13(10)17)12(9-14)16-7-5-15-6-8-16/h2-4,12,15,17H,5-9H2,1H3/t12-/m0/s1. The molecule has 0 aliphatic carbocycles. The van der Waals surface area contributed by atoms with Crippen molar-refractivity contribution in [2.45, 2.75) is 13.0 Å². The van der Waals surface area contributed by atoms with E-state index >= 15 is 0 Å². The maximum Gasteiger partial charge on any atom is 0.123 e. The molecular formula is C13H19FN2O. The van der Waals surface area contributed by atoms with Gasteiger partial charge < -0.3 is 10.4 Å². The molecule has 0 radical (unpaired) electrons. The van der Waals surface area contributed by atoms with Crippen molar-refractivity contribution in [3.8, 4) is 5.75 Å². The van der Waals surface area contributed by atoms with E-state index in [4.69, 9.17) is 0 Å². The molecule has 0 saturated carbocycles.